The smallest absolute Gasteiger partial charge is 0.317 e. The molecule has 2 atom stereocenters. The van der Waals surface area contributed by atoms with Gasteiger partial charge in [0.05, 0.1) is 13.2 Å². The second-order valence-electron chi connectivity index (χ2n) is 6.07. The number of rotatable bonds is 10. The van der Waals surface area contributed by atoms with Crippen molar-refractivity contribution in [1.29, 1.82) is 0 Å². The van der Waals surface area contributed by atoms with Crippen LogP contribution in [0.15, 0.2) is 0 Å². The molecule has 0 rings (SSSR count). The monoisotopic (exact) mass is 286 g/mol. The Balaban J connectivity index is 3.72. The van der Waals surface area contributed by atoms with Crippen LogP contribution in [0.1, 0.15) is 60.3 Å². The lowest BCUT2D eigenvalue weighted by Gasteiger charge is -2.18. The number of esters is 2. The predicted octanol–water partition coefficient (Wildman–Crippen LogP) is 3.58. The van der Waals surface area contributed by atoms with Crippen LogP contribution < -0.4 is 0 Å². The van der Waals surface area contributed by atoms with Crippen LogP contribution in [-0.4, -0.2) is 25.2 Å². The number of hydrogen-bond donors (Lipinski definition) is 0. The van der Waals surface area contributed by atoms with Gasteiger partial charge in [0.15, 0.2) is 0 Å². The quantitative estimate of drug-likeness (QED) is 0.455. The van der Waals surface area contributed by atoms with Crippen LogP contribution in [0.2, 0.25) is 0 Å². The molecule has 0 amide bonds. The molecule has 20 heavy (non-hydrogen) atoms. The summed E-state index contributed by atoms with van der Waals surface area (Å²) in [6.45, 7) is 11.3. The minimum absolute atomic E-state index is 0.286. The first-order valence-electron chi connectivity index (χ1n) is 7.66. The molecule has 0 saturated carbocycles. The summed E-state index contributed by atoms with van der Waals surface area (Å²) in [5, 5.41) is 0. The van der Waals surface area contributed by atoms with E-state index in [2.05, 4.69) is 32.4 Å². The third-order valence-electron chi connectivity index (χ3n) is 3.15. The molecule has 4 heteroatoms. The zero-order chi connectivity index (χ0) is 15.5. The molecule has 0 aliphatic rings. The Morgan fingerprint density at radius 3 is 2.05 bits per heavy atom. The van der Waals surface area contributed by atoms with Gasteiger partial charge < -0.3 is 9.47 Å². The highest BCUT2D eigenvalue weighted by molar-refractivity contribution is 5.91. The van der Waals surface area contributed by atoms with Crippen molar-refractivity contribution in [1.82, 2.24) is 0 Å². The third kappa shape index (κ3) is 10.8. The fraction of sp³-hybridized carbons (Fsp3) is 0.875. The van der Waals surface area contributed by atoms with Gasteiger partial charge in [0, 0.05) is 0 Å². The summed E-state index contributed by atoms with van der Waals surface area (Å²) in [5.41, 5.74) is 0. The van der Waals surface area contributed by atoms with Crippen LogP contribution >= 0.6 is 0 Å². The minimum atomic E-state index is -0.517. The van der Waals surface area contributed by atoms with Gasteiger partial charge in [-0.15, -0.1) is 0 Å². The highest BCUT2D eigenvalue weighted by Gasteiger charge is 2.13. The third-order valence-corrected chi connectivity index (χ3v) is 3.15. The first-order valence-corrected chi connectivity index (χ1v) is 7.66. The van der Waals surface area contributed by atoms with Crippen LogP contribution in [0.3, 0.4) is 0 Å². The van der Waals surface area contributed by atoms with Crippen LogP contribution in [0.4, 0.5) is 0 Å². The molecule has 118 valence electrons. The minimum Gasteiger partial charge on any atom is -0.466 e. The maximum absolute atomic E-state index is 11.4. The zero-order valence-corrected chi connectivity index (χ0v) is 13.6. The van der Waals surface area contributed by atoms with E-state index >= 15 is 0 Å². The van der Waals surface area contributed by atoms with Gasteiger partial charge in [-0.1, -0.05) is 27.7 Å². The van der Waals surface area contributed by atoms with Gasteiger partial charge in [-0.25, -0.2) is 0 Å². The molecule has 0 N–H and O–H groups in total. The summed E-state index contributed by atoms with van der Waals surface area (Å²) in [6, 6.07) is 0. The van der Waals surface area contributed by atoms with Gasteiger partial charge in [-0.3, -0.25) is 9.59 Å². The van der Waals surface area contributed by atoms with E-state index in [1.165, 1.54) is 6.42 Å². The summed E-state index contributed by atoms with van der Waals surface area (Å²) in [7, 11) is 0. The van der Waals surface area contributed by atoms with Crippen molar-refractivity contribution < 1.29 is 19.1 Å². The highest BCUT2D eigenvalue weighted by Crippen LogP contribution is 2.21. The first-order chi connectivity index (χ1) is 9.35. The average molecular weight is 286 g/mol. The molecule has 0 aromatic carbocycles. The van der Waals surface area contributed by atoms with Crippen molar-refractivity contribution >= 4 is 11.9 Å². The van der Waals surface area contributed by atoms with Crippen molar-refractivity contribution in [2.24, 2.45) is 17.8 Å². The van der Waals surface area contributed by atoms with Gasteiger partial charge in [0.2, 0.25) is 0 Å². The van der Waals surface area contributed by atoms with E-state index in [4.69, 9.17) is 4.74 Å². The molecule has 0 bridgehead atoms. The Morgan fingerprint density at radius 2 is 1.50 bits per heavy atom. The number of hydrogen-bond acceptors (Lipinski definition) is 4. The lowest BCUT2D eigenvalue weighted by Crippen LogP contribution is -2.15. The average Bonchev–Trinajstić information content (AvgIpc) is 2.27. The molecule has 0 aliphatic heterocycles. The lowest BCUT2D eigenvalue weighted by molar-refractivity contribution is -0.154. The summed E-state index contributed by atoms with van der Waals surface area (Å²) in [4.78, 5) is 22.4. The van der Waals surface area contributed by atoms with E-state index in [1.54, 1.807) is 6.92 Å². The fourth-order valence-electron chi connectivity index (χ4n) is 2.46. The fourth-order valence-corrected chi connectivity index (χ4v) is 2.46. The van der Waals surface area contributed by atoms with Crippen molar-refractivity contribution in [3.05, 3.63) is 0 Å². The number of carbonyl (C=O) groups is 2. The van der Waals surface area contributed by atoms with Gasteiger partial charge >= 0.3 is 11.9 Å². The summed E-state index contributed by atoms with van der Waals surface area (Å²) in [6.07, 6.45) is 2.93. The molecule has 0 aromatic rings. The first kappa shape index (κ1) is 18.9. The predicted molar refractivity (Wildman–Crippen MR) is 79.2 cm³/mol. The molecule has 0 spiro atoms. The Morgan fingerprint density at radius 1 is 0.900 bits per heavy atom. The summed E-state index contributed by atoms with van der Waals surface area (Å²) in [5.74, 6) is 0.931. The van der Waals surface area contributed by atoms with E-state index in [1.807, 2.05) is 0 Å². The standard InChI is InChI=1S/C16H30O4/c1-6-19-15(17)11-16(18)20-8-7-13(4)10-14(5)9-12(2)3/h12-14H,6-11H2,1-5H3. The van der Waals surface area contributed by atoms with Crippen LogP contribution in [0.5, 0.6) is 0 Å². The largest absolute Gasteiger partial charge is 0.466 e. The van der Waals surface area contributed by atoms with Crippen LogP contribution in [0, 0.1) is 17.8 Å². The van der Waals surface area contributed by atoms with Gasteiger partial charge in [0.1, 0.15) is 6.42 Å². The number of carbonyl (C=O) groups excluding carboxylic acids is 2. The second kappa shape index (κ2) is 10.7. The summed E-state index contributed by atoms with van der Waals surface area (Å²) < 4.78 is 9.74. The molecule has 0 aliphatic carbocycles. The van der Waals surface area contributed by atoms with E-state index in [-0.39, 0.29) is 13.0 Å². The van der Waals surface area contributed by atoms with Gasteiger partial charge in [0.25, 0.3) is 0 Å². The van der Waals surface area contributed by atoms with E-state index in [9.17, 15) is 9.59 Å². The maximum Gasteiger partial charge on any atom is 0.317 e. The molecule has 0 heterocycles. The highest BCUT2D eigenvalue weighted by atomic mass is 16.6. The van der Waals surface area contributed by atoms with Crippen molar-refractivity contribution in [2.45, 2.75) is 60.3 Å². The molecule has 4 nitrogen and oxygen atoms in total. The molecule has 0 saturated heterocycles. The topological polar surface area (TPSA) is 52.6 Å². The molecule has 2 unspecified atom stereocenters. The maximum atomic E-state index is 11.4. The van der Waals surface area contributed by atoms with Crippen LogP contribution in [0.25, 0.3) is 0 Å². The van der Waals surface area contributed by atoms with Gasteiger partial charge in [-0.2, -0.15) is 0 Å². The molecular weight excluding hydrogens is 256 g/mol. The van der Waals surface area contributed by atoms with Crippen molar-refractivity contribution in [3.8, 4) is 0 Å². The Hall–Kier alpha value is -1.06. The SMILES string of the molecule is CCOC(=O)CC(=O)OCCC(C)CC(C)CC(C)C. The molecule has 0 radical (unpaired) electrons. The molecule has 0 aromatic heterocycles. The van der Waals surface area contributed by atoms with Crippen molar-refractivity contribution in [3.63, 3.8) is 0 Å². The van der Waals surface area contributed by atoms with Gasteiger partial charge in [-0.05, 0) is 43.9 Å². The van der Waals surface area contributed by atoms with Crippen LogP contribution in [-0.2, 0) is 19.1 Å². The summed E-state index contributed by atoms with van der Waals surface area (Å²) >= 11 is 0. The number of ether oxygens (including phenoxy) is 2. The molecular formula is C16H30O4. The second-order valence-corrected chi connectivity index (χ2v) is 6.07. The Labute approximate surface area is 123 Å². The Kier molecular flexibility index (Phi) is 10.1. The Bertz CT molecular complexity index is 286. The van der Waals surface area contributed by atoms with E-state index in [0.29, 0.717) is 18.4 Å². The zero-order valence-electron chi connectivity index (χ0n) is 13.6. The lowest BCUT2D eigenvalue weighted by atomic mass is 9.89. The van der Waals surface area contributed by atoms with E-state index in [0.717, 1.165) is 18.8 Å². The van der Waals surface area contributed by atoms with Crippen molar-refractivity contribution in [2.75, 3.05) is 13.2 Å². The molecule has 0 fully saturated rings. The normalized spacial score (nSPS) is 13.9. The van der Waals surface area contributed by atoms with E-state index < -0.39 is 11.9 Å².